The van der Waals surface area contributed by atoms with Crippen molar-refractivity contribution in [3.8, 4) is 17.6 Å². The summed E-state index contributed by atoms with van der Waals surface area (Å²) in [4.78, 5) is 23.9. The third-order valence-corrected chi connectivity index (χ3v) is 5.86. The number of carbonyl (C=O) groups excluding carboxylic acids is 1. The smallest absolute Gasteiger partial charge is 0.312 e. The highest BCUT2D eigenvalue weighted by atomic mass is 32.2. The van der Waals surface area contributed by atoms with Crippen molar-refractivity contribution in [2.24, 2.45) is 0 Å². The van der Waals surface area contributed by atoms with Crippen LogP contribution in [0.5, 0.6) is 11.5 Å². The van der Waals surface area contributed by atoms with Crippen LogP contribution in [0.1, 0.15) is 31.9 Å². The number of rotatable bonds is 8. The molecule has 3 aromatic carbocycles. The lowest BCUT2D eigenvalue weighted by Gasteiger charge is -2.19. The Bertz CT molecular complexity index is 1360. The molecular formula is C27H23F2N3O4S. The molecule has 0 aromatic heterocycles. The Kier molecular flexibility index (Phi) is 8.63. The van der Waals surface area contributed by atoms with E-state index in [0.29, 0.717) is 28.1 Å². The monoisotopic (exact) mass is 523 g/mol. The van der Waals surface area contributed by atoms with Gasteiger partial charge in [-0.25, -0.2) is 0 Å². The zero-order valence-electron chi connectivity index (χ0n) is 20.2. The predicted molar refractivity (Wildman–Crippen MR) is 139 cm³/mol. The molecule has 0 heterocycles. The minimum Gasteiger partial charge on any atom is -0.450 e. The number of amides is 1. The SMILES string of the molecule is CC(C)(C)c1ccc(Oc2ccc(C=C(C#N)C(=O)Nc3ccc(SC(F)F)cc3)cc2[N+](=O)[O-])cc1. The molecule has 3 rings (SSSR count). The summed E-state index contributed by atoms with van der Waals surface area (Å²) in [5.41, 5.74) is 0.944. The van der Waals surface area contributed by atoms with Crippen molar-refractivity contribution in [2.75, 3.05) is 5.32 Å². The maximum absolute atomic E-state index is 12.5. The van der Waals surface area contributed by atoms with Crippen LogP contribution in [0.25, 0.3) is 6.08 Å². The second-order valence-electron chi connectivity index (χ2n) is 8.89. The summed E-state index contributed by atoms with van der Waals surface area (Å²) in [6.45, 7) is 6.21. The van der Waals surface area contributed by atoms with E-state index in [2.05, 4.69) is 26.1 Å². The first-order valence-corrected chi connectivity index (χ1v) is 11.9. The number of anilines is 1. The minimum absolute atomic E-state index is 0.00961. The van der Waals surface area contributed by atoms with Gasteiger partial charge in [-0.15, -0.1) is 0 Å². The number of nitrogens with zero attached hydrogens (tertiary/aromatic N) is 2. The number of hydrogen-bond donors (Lipinski definition) is 1. The molecule has 1 amide bonds. The van der Waals surface area contributed by atoms with Crippen molar-refractivity contribution < 1.29 is 23.2 Å². The van der Waals surface area contributed by atoms with Crippen LogP contribution in [0.4, 0.5) is 20.2 Å². The lowest BCUT2D eigenvalue weighted by molar-refractivity contribution is -0.385. The van der Waals surface area contributed by atoms with Crippen molar-refractivity contribution in [1.82, 2.24) is 0 Å². The van der Waals surface area contributed by atoms with E-state index in [4.69, 9.17) is 4.74 Å². The number of carbonyl (C=O) groups is 1. The van der Waals surface area contributed by atoms with Crippen molar-refractivity contribution >= 4 is 35.1 Å². The molecule has 0 aliphatic carbocycles. The van der Waals surface area contributed by atoms with Gasteiger partial charge in [0, 0.05) is 16.6 Å². The molecule has 0 spiro atoms. The predicted octanol–water partition coefficient (Wildman–Crippen LogP) is 7.54. The molecule has 10 heteroatoms. The van der Waals surface area contributed by atoms with Gasteiger partial charge in [-0.05, 0) is 65.1 Å². The highest BCUT2D eigenvalue weighted by molar-refractivity contribution is 7.99. The van der Waals surface area contributed by atoms with Gasteiger partial charge in [0.05, 0.1) is 4.92 Å². The van der Waals surface area contributed by atoms with Gasteiger partial charge in [0.2, 0.25) is 5.75 Å². The summed E-state index contributed by atoms with van der Waals surface area (Å²) < 4.78 is 30.6. The van der Waals surface area contributed by atoms with Crippen molar-refractivity contribution in [3.63, 3.8) is 0 Å². The van der Waals surface area contributed by atoms with Crippen LogP contribution in [0.2, 0.25) is 0 Å². The molecule has 0 unspecified atom stereocenters. The summed E-state index contributed by atoms with van der Waals surface area (Å²) in [6.07, 6.45) is 1.21. The van der Waals surface area contributed by atoms with E-state index in [1.807, 2.05) is 12.1 Å². The van der Waals surface area contributed by atoms with E-state index in [9.17, 15) is 29.0 Å². The Labute approximate surface area is 216 Å². The number of nitriles is 1. The van der Waals surface area contributed by atoms with Gasteiger partial charge >= 0.3 is 5.69 Å². The number of thioether (sulfide) groups is 1. The van der Waals surface area contributed by atoms with Gasteiger partial charge in [0.1, 0.15) is 17.4 Å². The van der Waals surface area contributed by atoms with E-state index < -0.39 is 16.6 Å². The molecule has 0 bridgehead atoms. The van der Waals surface area contributed by atoms with Gasteiger partial charge in [0.25, 0.3) is 11.7 Å². The number of nitro benzene ring substituents is 1. The molecule has 0 aliphatic rings. The Morgan fingerprint density at radius 2 is 1.76 bits per heavy atom. The van der Waals surface area contributed by atoms with E-state index in [0.717, 1.165) is 5.56 Å². The molecule has 190 valence electrons. The molecule has 0 atom stereocenters. The summed E-state index contributed by atoms with van der Waals surface area (Å²) in [5, 5.41) is 23.7. The first kappa shape index (κ1) is 27.4. The van der Waals surface area contributed by atoms with E-state index >= 15 is 0 Å². The van der Waals surface area contributed by atoms with Crippen molar-refractivity contribution in [1.29, 1.82) is 5.26 Å². The van der Waals surface area contributed by atoms with E-state index in [1.54, 1.807) is 18.2 Å². The summed E-state index contributed by atoms with van der Waals surface area (Å²) in [7, 11) is 0. The number of alkyl halides is 2. The molecule has 3 aromatic rings. The van der Waals surface area contributed by atoms with Crippen LogP contribution in [-0.2, 0) is 10.2 Å². The highest BCUT2D eigenvalue weighted by Gasteiger charge is 2.19. The quantitative estimate of drug-likeness (QED) is 0.107. The standard InChI is InChI=1S/C27H23F2N3O4S/c1-27(2,3)19-5-9-21(10-6-19)36-24-13-4-17(15-23(24)32(34)35)14-18(16-30)25(33)31-20-7-11-22(12-8-20)37-26(28)29/h4-15,26H,1-3H3,(H,31,33). The average molecular weight is 524 g/mol. The third kappa shape index (κ3) is 7.62. The molecule has 0 saturated heterocycles. The number of halogens is 2. The number of nitro groups is 1. The van der Waals surface area contributed by atoms with E-state index in [1.165, 1.54) is 48.5 Å². The summed E-state index contributed by atoms with van der Waals surface area (Å²) in [6, 6.07) is 18.8. The summed E-state index contributed by atoms with van der Waals surface area (Å²) in [5.74, 6) is -2.88. The maximum Gasteiger partial charge on any atom is 0.312 e. The molecule has 37 heavy (non-hydrogen) atoms. The van der Waals surface area contributed by atoms with Crippen LogP contribution in [0.15, 0.2) is 77.2 Å². The Morgan fingerprint density at radius 3 is 2.30 bits per heavy atom. The molecule has 0 saturated carbocycles. The van der Waals surface area contributed by atoms with Crippen LogP contribution >= 0.6 is 11.8 Å². The highest BCUT2D eigenvalue weighted by Crippen LogP contribution is 2.34. The number of nitrogens with one attached hydrogen (secondary N) is 1. The molecule has 7 nitrogen and oxygen atoms in total. The van der Waals surface area contributed by atoms with Crippen LogP contribution in [0, 0.1) is 21.4 Å². The topological polar surface area (TPSA) is 105 Å². The molecule has 1 N–H and O–H groups in total. The zero-order valence-corrected chi connectivity index (χ0v) is 21.0. The molecule has 0 aliphatic heterocycles. The van der Waals surface area contributed by atoms with Gasteiger partial charge < -0.3 is 10.1 Å². The third-order valence-electron chi connectivity index (χ3n) is 5.14. The number of hydrogen-bond acceptors (Lipinski definition) is 6. The van der Waals surface area contributed by atoms with E-state index in [-0.39, 0.29) is 28.0 Å². The van der Waals surface area contributed by atoms with Crippen molar-refractivity contribution in [3.05, 3.63) is 93.5 Å². The summed E-state index contributed by atoms with van der Waals surface area (Å²) >= 11 is 0.370. The Balaban J connectivity index is 1.79. The maximum atomic E-state index is 12.5. The largest absolute Gasteiger partial charge is 0.450 e. The Hall–Kier alpha value is -4.23. The lowest BCUT2D eigenvalue weighted by Crippen LogP contribution is -2.13. The Morgan fingerprint density at radius 1 is 1.11 bits per heavy atom. The first-order chi connectivity index (χ1) is 17.5. The molecular weight excluding hydrogens is 500 g/mol. The van der Waals surface area contributed by atoms with Crippen LogP contribution < -0.4 is 10.1 Å². The minimum atomic E-state index is -2.57. The fourth-order valence-corrected chi connectivity index (χ4v) is 3.74. The average Bonchev–Trinajstić information content (AvgIpc) is 2.83. The number of benzene rings is 3. The second-order valence-corrected chi connectivity index (χ2v) is 9.95. The fraction of sp³-hybridized carbons (Fsp3) is 0.185. The van der Waals surface area contributed by atoms with Crippen LogP contribution in [0.3, 0.4) is 0 Å². The van der Waals surface area contributed by atoms with Gasteiger partial charge in [-0.1, -0.05) is 50.7 Å². The van der Waals surface area contributed by atoms with Gasteiger partial charge in [-0.2, -0.15) is 14.0 Å². The fourth-order valence-electron chi connectivity index (χ4n) is 3.24. The zero-order chi connectivity index (χ0) is 27.2. The second kappa shape index (κ2) is 11.7. The van der Waals surface area contributed by atoms with Crippen molar-refractivity contribution in [2.45, 2.75) is 36.8 Å². The lowest BCUT2D eigenvalue weighted by atomic mass is 9.87. The van der Waals surface area contributed by atoms with Gasteiger partial charge in [-0.3, -0.25) is 14.9 Å². The normalized spacial score (nSPS) is 11.6. The van der Waals surface area contributed by atoms with Gasteiger partial charge in [0.15, 0.2) is 0 Å². The first-order valence-electron chi connectivity index (χ1n) is 11.0. The van der Waals surface area contributed by atoms with Crippen LogP contribution in [-0.4, -0.2) is 16.6 Å². The molecule has 0 radical (unpaired) electrons. The number of ether oxygens (including phenoxy) is 1. The molecule has 0 fully saturated rings.